The van der Waals surface area contributed by atoms with E-state index in [9.17, 15) is 24.5 Å². The molecule has 0 unspecified atom stereocenters. The lowest BCUT2D eigenvalue weighted by atomic mass is 10.1. The van der Waals surface area contributed by atoms with E-state index in [0.717, 1.165) is 5.56 Å². The zero-order chi connectivity index (χ0) is 22.7. The molecule has 1 aliphatic rings. The van der Waals surface area contributed by atoms with Crippen molar-refractivity contribution in [1.82, 2.24) is 0 Å². The minimum absolute atomic E-state index is 0.0680. The van der Waals surface area contributed by atoms with Gasteiger partial charge in [0.1, 0.15) is 0 Å². The highest BCUT2D eigenvalue weighted by atomic mass is 79.9. The van der Waals surface area contributed by atoms with Crippen molar-refractivity contribution in [1.29, 1.82) is 0 Å². The van der Waals surface area contributed by atoms with Gasteiger partial charge in [-0.2, -0.15) is 0 Å². The zero-order valence-electron chi connectivity index (χ0n) is 16.3. The summed E-state index contributed by atoms with van der Waals surface area (Å²) in [5, 5.41) is 13.8. The lowest BCUT2D eigenvalue weighted by molar-refractivity contribution is -0.384. The van der Waals surface area contributed by atoms with Crippen molar-refractivity contribution in [3.63, 3.8) is 0 Å². The number of rotatable bonds is 6. The predicted octanol–water partition coefficient (Wildman–Crippen LogP) is 3.85. The number of carbonyl (C=O) groups is 3. The highest BCUT2D eigenvalue weighted by Crippen LogP contribution is 2.29. The molecule has 0 bridgehead atoms. The molecular weight excluding hydrogens is 494 g/mol. The van der Waals surface area contributed by atoms with Gasteiger partial charge in [0.05, 0.1) is 15.9 Å². The number of benzene rings is 2. The average Bonchev–Trinajstić information content (AvgIpc) is 3.12. The number of nitrogens with one attached hydrogen (secondary N) is 1. The maximum absolute atomic E-state index is 12.3. The van der Waals surface area contributed by atoms with Gasteiger partial charge in [-0.05, 0) is 52.7 Å². The molecule has 0 aliphatic carbocycles. The Kier molecular flexibility index (Phi) is 6.91. The molecule has 162 valence electrons. The van der Waals surface area contributed by atoms with E-state index in [1.807, 2.05) is 0 Å². The summed E-state index contributed by atoms with van der Waals surface area (Å²) in [6.45, 7) is 1.35. The highest BCUT2D eigenvalue weighted by molar-refractivity contribution is 9.10. The third kappa shape index (κ3) is 5.39. The molecule has 2 aromatic rings. The Bertz CT molecular complexity index is 1060. The van der Waals surface area contributed by atoms with Crippen LogP contribution in [0.15, 0.2) is 40.9 Å². The summed E-state index contributed by atoms with van der Waals surface area (Å²) in [5.74, 6) is -2.25. The molecule has 31 heavy (non-hydrogen) atoms. The third-order valence-corrected chi connectivity index (χ3v) is 5.91. The minimum Gasteiger partial charge on any atom is -0.455 e. The molecule has 9 nitrogen and oxygen atoms in total. The largest absolute Gasteiger partial charge is 0.455 e. The van der Waals surface area contributed by atoms with E-state index in [4.69, 9.17) is 16.3 Å². The quantitative estimate of drug-likeness (QED) is 0.358. The molecule has 0 spiro atoms. The first kappa shape index (κ1) is 22.7. The van der Waals surface area contributed by atoms with Crippen molar-refractivity contribution in [3.05, 3.63) is 61.6 Å². The second kappa shape index (κ2) is 9.44. The van der Waals surface area contributed by atoms with Gasteiger partial charge in [0, 0.05) is 40.9 Å². The van der Waals surface area contributed by atoms with Crippen LogP contribution in [0.1, 0.15) is 12.0 Å². The normalized spacial score (nSPS) is 15.6. The number of nitrogens with zero attached hydrogens (tertiary/aromatic N) is 2. The van der Waals surface area contributed by atoms with Crippen molar-refractivity contribution in [2.75, 3.05) is 23.4 Å². The monoisotopic (exact) mass is 509 g/mol. The van der Waals surface area contributed by atoms with E-state index >= 15 is 0 Å². The van der Waals surface area contributed by atoms with Crippen LogP contribution in [0.2, 0.25) is 5.02 Å². The summed E-state index contributed by atoms with van der Waals surface area (Å²) in [7, 11) is 0. The molecule has 3 rings (SSSR count). The number of esters is 1. The van der Waals surface area contributed by atoms with Crippen molar-refractivity contribution in [2.24, 2.45) is 5.92 Å². The molecule has 0 radical (unpaired) electrons. The first-order valence-electron chi connectivity index (χ1n) is 9.12. The molecule has 1 aliphatic heterocycles. The Morgan fingerprint density at radius 3 is 2.65 bits per heavy atom. The zero-order valence-corrected chi connectivity index (χ0v) is 18.6. The molecule has 0 aromatic heterocycles. The molecule has 1 fully saturated rings. The third-order valence-electron chi connectivity index (χ3n) is 4.72. The average molecular weight is 511 g/mol. The summed E-state index contributed by atoms with van der Waals surface area (Å²) >= 11 is 9.33. The fourth-order valence-electron chi connectivity index (χ4n) is 3.09. The Morgan fingerprint density at radius 2 is 2.00 bits per heavy atom. The van der Waals surface area contributed by atoms with Gasteiger partial charge in [0.15, 0.2) is 6.61 Å². The smallest absolute Gasteiger partial charge is 0.311 e. The van der Waals surface area contributed by atoms with Gasteiger partial charge in [-0.3, -0.25) is 24.5 Å². The van der Waals surface area contributed by atoms with Gasteiger partial charge in [-0.15, -0.1) is 0 Å². The van der Waals surface area contributed by atoms with Crippen LogP contribution in [0.3, 0.4) is 0 Å². The van der Waals surface area contributed by atoms with Gasteiger partial charge in [0.2, 0.25) is 5.91 Å². The topological polar surface area (TPSA) is 119 Å². The van der Waals surface area contributed by atoms with E-state index in [2.05, 4.69) is 21.2 Å². The molecule has 1 saturated heterocycles. The Hall–Kier alpha value is -2.98. The second-order valence-corrected chi connectivity index (χ2v) is 8.18. The Morgan fingerprint density at radius 1 is 1.32 bits per heavy atom. The van der Waals surface area contributed by atoms with Gasteiger partial charge in [-0.1, -0.05) is 11.6 Å². The number of anilines is 2. The van der Waals surface area contributed by atoms with Gasteiger partial charge in [0.25, 0.3) is 11.6 Å². The maximum atomic E-state index is 12.3. The summed E-state index contributed by atoms with van der Waals surface area (Å²) in [4.78, 5) is 48.3. The van der Waals surface area contributed by atoms with E-state index < -0.39 is 29.3 Å². The lowest BCUT2D eigenvalue weighted by Crippen LogP contribution is -2.28. The van der Waals surface area contributed by atoms with Crippen molar-refractivity contribution >= 4 is 62.4 Å². The fourth-order valence-corrected chi connectivity index (χ4v) is 3.71. The number of amides is 2. The van der Waals surface area contributed by atoms with Crippen LogP contribution in [0, 0.1) is 23.0 Å². The number of aryl methyl sites for hydroxylation is 1. The van der Waals surface area contributed by atoms with E-state index in [1.165, 1.54) is 29.2 Å². The maximum Gasteiger partial charge on any atom is 0.311 e. The standard InChI is InChI=1S/C20H17BrClN3O6/c1-11-6-15(21)16(22)8-17(11)23-18(26)10-31-20(28)12-7-19(27)24(9-12)13-2-4-14(5-3-13)25(29)30/h2-6,8,12H,7,9-10H2,1H3,(H,23,26)/t12-/m1/s1. The van der Waals surface area contributed by atoms with E-state index in [1.54, 1.807) is 19.1 Å². The van der Waals surface area contributed by atoms with Crippen LogP contribution in [-0.2, 0) is 19.1 Å². The van der Waals surface area contributed by atoms with Crippen LogP contribution in [0.5, 0.6) is 0 Å². The van der Waals surface area contributed by atoms with Gasteiger partial charge >= 0.3 is 5.97 Å². The van der Waals surface area contributed by atoms with E-state index in [-0.39, 0.29) is 24.6 Å². The van der Waals surface area contributed by atoms with Gasteiger partial charge < -0.3 is 15.0 Å². The number of hydrogen-bond acceptors (Lipinski definition) is 6. The second-order valence-electron chi connectivity index (χ2n) is 6.92. The summed E-state index contributed by atoms with van der Waals surface area (Å²) in [6.07, 6.45) is -0.0706. The summed E-state index contributed by atoms with van der Waals surface area (Å²) in [6, 6.07) is 8.80. The fraction of sp³-hybridized carbons (Fsp3) is 0.250. The number of carbonyl (C=O) groups excluding carboxylic acids is 3. The number of non-ortho nitro benzene ring substituents is 1. The number of nitro benzene ring substituents is 1. The van der Waals surface area contributed by atoms with Crippen molar-refractivity contribution in [2.45, 2.75) is 13.3 Å². The van der Waals surface area contributed by atoms with Crippen LogP contribution in [0.4, 0.5) is 17.1 Å². The minimum atomic E-state index is -0.737. The first-order valence-corrected chi connectivity index (χ1v) is 10.3. The van der Waals surface area contributed by atoms with Crippen molar-refractivity contribution in [3.8, 4) is 0 Å². The molecule has 1 N–H and O–H groups in total. The van der Waals surface area contributed by atoms with E-state index in [0.29, 0.717) is 20.9 Å². The molecule has 0 saturated carbocycles. The lowest BCUT2D eigenvalue weighted by Gasteiger charge is -2.16. The Balaban J connectivity index is 1.55. The molecule has 2 aromatic carbocycles. The number of ether oxygens (including phenoxy) is 1. The van der Waals surface area contributed by atoms with Crippen molar-refractivity contribution < 1.29 is 24.0 Å². The van der Waals surface area contributed by atoms with Crippen LogP contribution in [-0.4, -0.2) is 35.9 Å². The molecule has 1 atom stereocenters. The number of nitro groups is 1. The molecule has 11 heteroatoms. The molecular formula is C20H17BrClN3O6. The molecule has 1 heterocycles. The predicted molar refractivity (Wildman–Crippen MR) is 117 cm³/mol. The highest BCUT2D eigenvalue weighted by Gasteiger charge is 2.36. The SMILES string of the molecule is Cc1cc(Br)c(Cl)cc1NC(=O)COC(=O)[C@@H]1CC(=O)N(c2ccc([N+](=O)[O-])cc2)C1. The summed E-state index contributed by atoms with van der Waals surface area (Å²) < 4.78 is 5.77. The van der Waals surface area contributed by atoms with Gasteiger partial charge in [-0.25, -0.2) is 0 Å². The summed E-state index contributed by atoms with van der Waals surface area (Å²) in [5.41, 5.74) is 1.62. The number of halogens is 2. The van der Waals surface area contributed by atoms with Crippen LogP contribution >= 0.6 is 27.5 Å². The molecule has 2 amide bonds. The van der Waals surface area contributed by atoms with Crippen LogP contribution in [0.25, 0.3) is 0 Å². The number of hydrogen-bond donors (Lipinski definition) is 1. The first-order chi connectivity index (χ1) is 14.7. The Labute approximate surface area is 190 Å². The van der Waals surface area contributed by atoms with Crippen LogP contribution < -0.4 is 10.2 Å².